The van der Waals surface area contributed by atoms with Gasteiger partial charge in [-0.25, -0.2) is 13.2 Å². The maximum atomic E-state index is 13.7. The molecule has 1 atom stereocenters. The van der Waals surface area contributed by atoms with E-state index in [0.29, 0.717) is 13.1 Å². The molecule has 1 aromatic rings. The van der Waals surface area contributed by atoms with Gasteiger partial charge in [0.1, 0.15) is 0 Å². The molecular formula is C14H20F3NO. The van der Waals surface area contributed by atoms with Crippen molar-refractivity contribution in [3.8, 4) is 0 Å². The van der Waals surface area contributed by atoms with E-state index in [2.05, 4.69) is 0 Å². The van der Waals surface area contributed by atoms with Crippen molar-refractivity contribution in [3.05, 3.63) is 35.1 Å². The van der Waals surface area contributed by atoms with Gasteiger partial charge in [-0.05, 0) is 33.0 Å². The molecule has 5 heteroatoms. The number of aliphatic hydroxyl groups excluding tert-OH is 1. The fourth-order valence-corrected chi connectivity index (χ4v) is 2.34. The van der Waals surface area contributed by atoms with E-state index in [1.807, 2.05) is 18.7 Å². The predicted octanol–water partition coefficient (Wildman–Crippen LogP) is 3.26. The summed E-state index contributed by atoms with van der Waals surface area (Å²) in [5.74, 6) is -4.13. The Morgan fingerprint density at radius 3 is 2.11 bits per heavy atom. The molecule has 1 rings (SSSR count). The minimum absolute atomic E-state index is 0.226. The van der Waals surface area contributed by atoms with Crippen LogP contribution in [0.3, 0.4) is 0 Å². The maximum Gasteiger partial charge on any atom is 0.194 e. The van der Waals surface area contributed by atoms with E-state index in [0.717, 1.165) is 12.1 Å². The quantitative estimate of drug-likeness (QED) is 0.834. The van der Waals surface area contributed by atoms with Crippen molar-refractivity contribution in [2.24, 2.45) is 0 Å². The van der Waals surface area contributed by atoms with E-state index < -0.39 is 29.1 Å². The molecule has 0 aliphatic rings. The fourth-order valence-electron chi connectivity index (χ4n) is 2.34. The van der Waals surface area contributed by atoms with Gasteiger partial charge in [-0.1, -0.05) is 19.9 Å². The zero-order valence-electron chi connectivity index (χ0n) is 11.7. The van der Waals surface area contributed by atoms with Gasteiger partial charge in [-0.15, -0.1) is 0 Å². The van der Waals surface area contributed by atoms with Gasteiger partial charge in [-0.3, -0.25) is 4.90 Å². The first kappa shape index (κ1) is 16.0. The molecule has 0 heterocycles. The molecule has 1 unspecified atom stereocenters. The number of hydrogen-bond donors (Lipinski definition) is 1. The van der Waals surface area contributed by atoms with Crippen LogP contribution < -0.4 is 0 Å². The van der Waals surface area contributed by atoms with Crippen LogP contribution in [0.5, 0.6) is 0 Å². The fraction of sp³-hybridized carbons (Fsp3) is 0.571. The molecule has 2 nitrogen and oxygen atoms in total. The summed E-state index contributed by atoms with van der Waals surface area (Å²) in [6.45, 7) is 8.63. The van der Waals surface area contributed by atoms with Gasteiger partial charge in [0.05, 0.1) is 6.10 Å². The first-order valence-corrected chi connectivity index (χ1v) is 6.33. The van der Waals surface area contributed by atoms with Crippen molar-refractivity contribution in [2.75, 3.05) is 13.1 Å². The summed E-state index contributed by atoms with van der Waals surface area (Å²) >= 11 is 0. The first-order chi connectivity index (χ1) is 8.77. The van der Waals surface area contributed by atoms with Crippen molar-refractivity contribution in [1.29, 1.82) is 0 Å². The smallest absolute Gasteiger partial charge is 0.194 e. The molecular weight excluding hydrogens is 255 g/mol. The van der Waals surface area contributed by atoms with Gasteiger partial charge >= 0.3 is 0 Å². The van der Waals surface area contributed by atoms with Gasteiger partial charge in [0.15, 0.2) is 17.5 Å². The second-order valence-electron chi connectivity index (χ2n) is 4.99. The molecule has 0 radical (unpaired) electrons. The minimum Gasteiger partial charge on any atom is -0.386 e. The third-order valence-electron chi connectivity index (χ3n) is 3.61. The second kappa shape index (κ2) is 5.92. The molecule has 0 saturated heterocycles. The number of benzene rings is 1. The van der Waals surface area contributed by atoms with Gasteiger partial charge in [0, 0.05) is 11.1 Å². The normalized spacial score (nSPS) is 13.9. The van der Waals surface area contributed by atoms with Crippen LogP contribution in [0.1, 0.15) is 39.4 Å². The topological polar surface area (TPSA) is 23.5 Å². The van der Waals surface area contributed by atoms with E-state index in [4.69, 9.17) is 0 Å². The Hall–Kier alpha value is -1.07. The van der Waals surface area contributed by atoms with Crippen molar-refractivity contribution in [2.45, 2.75) is 39.3 Å². The molecule has 0 aliphatic carbocycles. The van der Waals surface area contributed by atoms with Crippen LogP contribution >= 0.6 is 0 Å². The summed E-state index contributed by atoms with van der Waals surface area (Å²) in [5.41, 5.74) is -1.01. The van der Waals surface area contributed by atoms with E-state index in [-0.39, 0.29) is 5.56 Å². The zero-order chi connectivity index (χ0) is 14.8. The molecule has 0 amide bonds. The zero-order valence-corrected chi connectivity index (χ0v) is 11.7. The molecule has 0 saturated carbocycles. The summed E-state index contributed by atoms with van der Waals surface area (Å²) in [4.78, 5) is 1.93. The van der Waals surface area contributed by atoms with E-state index in [1.54, 1.807) is 13.8 Å². The number of hydrogen-bond acceptors (Lipinski definition) is 2. The van der Waals surface area contributed by atoms with E-state index in [1.165, 1.54) is 0 Å². The highest BCUT2D eigenvalue weighted by molar-refractivity contribution is 5.25. The van der Waals surface area contributed by atoms with Gasteiger partial charge in [0.25, 0.3) is 0 Å². The van der Waals surface area contributed by atoms with Gasteiger partial charge < -0.3 is 5.11 Å². The van der Waals surface area contributed by atoms with Crippen LogP contribution in [0, 0.1) is 17.5 Å². The summed E-state index contributed by atoms with van der Waals surface area (Å²) in [6, 6.07) is 1.92. The number of aliphatic hydroxyl groups is 1. The molecule has 1 aromatic carbocycles. The van der Waals surface area contributed by atoms with Gasteiger partial charge in [-0.2, -0.15) is 0 Å². The molecule has 0 aliphatic heterocycles. The summed E-state index contributed by atoms with van der Waals surface area (Å²) in [5, 5.41) is 10.3. The van der Waals surface area contributed by atoms with Gasteiger partial charge in [0.2, 0.25) is 0 Å². The Morgan fingerprint density at radius 1 is 1.11 bits per heavy atom. The highest BCUT2D eigenvalue weighted by Gasteiger charge is 2.36. The molecule has 0 fully saturated rings. The Balaban J connectivity index is 3.19. The minimum atomic E-state index is -1.55. The lowest BCUT2D eigenvalue weighted by atomic mass is 9.89. The van der Waals surface area contributed by atoms with Crippen LogP contribution in [0.15, 0.2) is 12.1 Å². The summed E-state index contributed by atoms with van der Waals surface area (Å²) < 4.78 is 39.9. The Bertz CT molecular complexity index is 445. The molecule has 0 spiro atoms. The van der Waals surface area contributed by atoms with Crippen molar-refractivity contribution in [1.82, 2.24) is 4.90 Å². The third-order valence-corrected chi connectivity index (χ3v) is 3.61. The Labute approximate surface area is 111 Å². The highest BCUT2D eigenvalue weighted by atomic mass is 19.2. The van der Waals surface area contributed by atoms with Crippen LogP contribution in [-0.2, 0) is 0 Å². The Kier molecular flexibility index (Phi) is 4.98. The maximum absolute atomic E-state index is 13.7. The average Bonchev–Trinajstić information content (AvgIpc) is 2.36. The lowest BCUT2D eigenvalue weighted by molar-refractivity contribution is -0.00854. The lowest BCUT2D eigenvalue weighted by Crippen LogP contribution is -2.48. The Morgan fingerprint density at radius 2 is 1.63 bits per heavy atom. The average molecular weight is 275 g/mol. The monoisotopic (exact) mass is 275 g/mol. The first-order valence-electron chi connectivity index (χ1n) is 6.33. The molecule has 0 bridgehead atoms. The van der Waals surface area contributed by atoms with Crippen molar-refractivity contribution in [3.63, 3.8) is 0 Å². The third kappa shape index (κ3) is 2.92. The van der Waals surface area contributed by atoms with Crippen LogP contribution in [0.2, 0.25) is 0 Å². The van der Waals surface area contributed by atoms with Crippen LogP contribution in [0.4, 0.5) is 13.2 Å². The lowest BCUT2D eigenvalue weighted by Gasteiger charge is -2.41. The molecule has 108 valence electrons. The molecule has 19 heavy (non-hydrogen) atoms. The second-order valence-corrected chi connectivity index (χ2v) is 4.99. The van der Waals surface area contributed by atoms with Crippen molar-refractivity contribution < 1.29 is 18.3 Å². The SMILES string of the molecule is CCN(CC)C(C)(C)C(O)c1ccc(F)c(F)c1F. The van der Waals surface area contributed by atoms with E-state index in [9.17, 15) is 18.3 Å². The predicted molar refractivity (Wildman–Crippen MR) is 68.3 cm³/mol. The summed E-state index contributed by atoms with van der Waals surface area (Å²) in [7, 11) is 0. The molecule has 1 N–H and O–H groups in total. The number of rotatable bonds is 5. The largest absolute Gasteiger partial charge is 0.386 e. The molecule has 0 aromatic heterocycles. The summed E-state index contributed by atoms with van der Waals surface area (Å²) in [6.07, 6.45) is -1.25. The number of halogens is 3. The van der Waals surface area contributed by atoms with Crippen LogP contribution in [-0.4, -0.2) is 28.6 Å². The number of nitrogens with zero attached hydrogens (tertiary/aromatic N) is 1. The number of likely N-dealkylation sites (N-methyl/N-ethyl adjacent to an activating group) is 1. The van der Waals surface area contributed by atoms with E-state index >= 15 is 0 Å². The van der Waals surface area contributed by atoms with Crippen molar-refractivity contribution >= 4 is 0 Å². The highest BCUT2D eigenvalue weighted by Crippen LogP contribution is 2.33. The standard InChI is InChI=1S/C14H20F3NO/c1-5-18(6-2)14(3,4)13(19)9-7-8-10(15)12(17)11(9)16/h7-8,13,19H,5-6H2,1-4H3. The van der Waals surface area contributed by atoms with Crippen LogP contribution in [0.25, 0.3) is 0 Å².